The predicted octanol–water partition coefficient (Wildman–Crippen LogP) is 2.03. The molecule has 62 valence electrons. The van der Waals surface area contributed by atoms with Crippen molar-refractivity contribution in [1.82, 2.24) is 5.32 Å². The van der Waals surface area contributed by atoms with Crippen LogP contribution in [0.1, 0.15) is 26.7 Å². The lowest BCUT2D eigenvalue weighted by Crippen LogP contribution is -2.23. The molecule has 0 unspecified atom stereocenters. The largest absolute Gasteiger partial charge is 0.315 e. The van der Waals surface area contributed by atoms with Crippen LogP contribution in [0.3, 0.4) is 0 Å². The molecule has 0 aromatic carbocycles. The summed E-state index contributed by atoms with van der Waals surface area (Å²) in [6, 6.07) is 0.401. The maximum absolute atomic E-state index is 11.5. The van der Waals surface area contributed by atoms with Crippen LogP contribution < -0.4 is 5.32 Å². The number of hydrogen-bond donors (Lipinski definition) is 1. The smallest absolute Gasteiger partial charge is 0.238 e. The van der Waals surface area contributed by atoms with Gasteiger partial charge in [0.1, 0.15) is 0 Å². The summed E-state index contributed by atoms with van der Waals surface area (Å²) in [7, 11) is 0. The summed E-state index contributed by atoms with van der Waals surface area (Å²) < 4.78 is 23.1. The van der Waals surface area contributed by atoms with E-state index in [0.29, 0.717) is 19.0 Å². The minimum Gasteiger partial charge on any atom is -0.315 e. The van der Waals surface area contributed by atoms with Crippen molar-refractivity contribution in [2.75, 3.05) is 6.54 Å². The minimum atomic E-state index is -2.14. The lowest BCUT2D eigenvalue weighted by atomic mass is 10.3. The van der Waals surface area contributed by atoms with Gasteiger partial charge >= 0.3 is 0 Å². The number of nitrogens with one attached hydrogen (secondary N) is 1. The van der Waals surface area contributed by atoms with Crippen LogP contribution in [0.4, 0.5) is 8.78 Å². The number of rotatable bonds is 5. The fraction of sp³-hybridized carbons (Fsp3) is 1.00. The molecule has 10 heavy (non-hydrogen) atoms. The molecule has 0 aromatic heterocycles. The zero-order chi connectivity index (χ0) is 7.98. The van der Waals surface area contributed by atoms with Crippen molar-refractivity contribution < 1.29 is 8.78 Å². The first-order valence-electron chi connectivity index (χ1n) is 3.64. The van der Waals surface area contributed by atoms with Crippen molar-refractivity contribution in [3.8, 4) is 0 Å². The van der Waals surface area contributed by atoms with E-state index in [1.54, 1.807) is 0 Å². The quantitative estimate of drug-likeness (QED) is 0.593. The summed E-state index contributed by atoms with van der Waals surface area (Å²) in [5.41, 5.74) is 0. The van der Waals surface area contributed by atoms with Crippen molar-refractivity contribution in [3.05, 3.63) is 0 Å². The highest BCUT2D eigenvalue weighted by atomic mass is 19.3. The first-order valence-corrected chi connectivity index (χ1v) is 3.64. The van der Waals surface area contributed by atoms with Crippen LogP contribution in [-0.2, 0) is 0 Å². The summed E-state index contributed by atoms with van der Waals surface area (Å²) >= 11 is 0. The third kappa shape index (κ3) is 7.82. The second-order valence-corrected chi connectivity index (χ2v) is 2.64. The molecule has 0 rings (SSSR count). The van der Waals surface area contributed by atoms with Gasteiger partial charge in [0.2, 0.25) is 6.43 Å². The molecule has 0 heterocycles. The van der Waals surface area contributed by atoms with Crippen molar-refractivity contribution in [1.29, 1.82) is 0 Å². The van der Waals surface area contributed by atoms with Gasteiger partial charge in [0.15, 0.2) is 0 Å². The van der Waals surface area contributed by atoms with Gasteiger partial charge in [-0.05, 0) is 13.0 Å². The molecule has 0 radical (unpaired) electrons. The molecule has 0 spiro atoms. The van der Waals surface area contributed by atoms with Gasteiger partial charge < -0.3 is 5.32 Å². The molecule has 0 aliphatic rings. The standard InChI is InChI=1S/C7H15F2N/c1-6(2)10-5-3-4-7(8)9/h6-7,10H,3-5H2,1-2H3. The van der Waals surface area contributed by atoms with Gasteiger partial charge in [-0.1, -0.05) is 13.8 Å². The molecular weight excluding hydrogens is 136 g/mol. The summed E-state index contributed by atoms with van der Waals surface area (Å²) in [6.07, 6.45) is -1.57. The van der Waals surface area contributed by atoms with E-state index < -0.39 is 6.43 Å². The molecule has 0 saturated heterocycles. The Bertz CT molecular complexity index is 64.0. The predicted molar refractivity (Wildman–Crippen MR) is 38.4 cm³/mol. The third-order valence-electron chi connectivity index (χ3n) is 1.15. The second kappa shape index (κ2) is 5.59. The van der Waals surface area contributed by atoms with Gasteiger partial charge in [0.25, 0.3) is 0 Å². The summed E-state index contributed by atoms with van der Waals surface area (Å²) in [5, 5.41) is 3.07. The molecule has 1 nitrogen and oxygen atoms in total. The molecule has 3 heteroatoms. The van der Waals surface area contributed by atoms with E-state index in [2.05, 4.69) is 5.32 Å². The SMILES string of the molecule is CC(C)NCCCC(F)F. The van der Waals surface area contributed by atoms with Gasteiger partial charge in [0, 0.05) is 12.5 Å². The molecule has 0 aliphatic heterocycles. The zero-order valence-electron chi connectivity index (χ0n) is 6.53. The molecule has 0 aliphatic carbocycles. The van der Waals surface area contributed by atoms with Gasteiger partial charge in [0.05, 0.1) is 0 Å². The number of alkyl halides is 2. The Balaban J connectivity index is 2.91. The number of hydrogen-bond acceptors (Lipinski definition) is 1. The molecular formula is C7H15F2N. The average molecular weight is 151 g/mol. The Hall–Kier alpha value is -0.180. The Labute approximate surface area is 60.8 Å². The van der Waals surface area contributed by atoms with Crippen LogP contribution in [0, 0.1) is 0 Å². The highest BCUT2D eigenvalue weighted by Gasteiger charge is 2.00. The molecule has 0 bridgehead atoms. The second-order valence-electron chi connectivity index (χ2n) is 2.64. The van der Waals surface area contributed by atoms with Gasteiger partial charge in [-0.3, -0.25) is 0 Å². The van der Waals surface area contributed by atoms with Crippen molar-refractivity contribution in [2.45, 2.75) is 39.2 Å². The van der Waals surface area contributed by atoms with Crippen LogP contribution in [-0.4, -0.2) is 19.0 Å². The normalized spacial score (nSPS) is 11.4. The summed E-state index contributed by atoms with van der Waals surface area (Å²) in [5.74, 6) is 0. The summed E-state index contributed by atoms with van der Waals surface area (Å²) in [4.78, 5) is 0. The molecule has 0 saturated carbocycles. The fourth-order valence-electron chi connectivity index (χ4n) is 0.647. The van der Waals surface area contributed by atoms with E-state index in [-0.39, 0.29) is 6.42 Å². The minimum absolute atomic E-state index is 0.0136. The fourth-order valence-corrected chi connectivity index (χ4v) is 0.647. The lowest BCUT2D eigenvalue weighted by Gasteiger charge is -2.06. The van der Waals surface area contributed by atoms with Crippen molar-refractivity contribution in [3.63, 3.8) is 0 Å². The van der Waals surface area contributed by atoms with E-state index in [4.69, 9.17) is 0 Å². The van der Waals surface area contributed by atoms with E-state index in [0.717, 1.165) is 0 Å². The first-order chi connectivity index (χ1) is 4.63. The Morgan fingerprint density at radius 2 is 1.90 bits per heavy atom. The number of halogens is 2. The van der Waals surface area contributed by atoms with Gasteiger partial charge in [-0.2, -0.15) is 0 Å². The molecule has 0 atom stereocenters. The highest BCUT2D eigenvalue weighted by Crippen LogP contribution is 2.01. The van der Waals surface area contributed by atoms with E-state index in [1.807, 2.05) is 13.8 Å². The molecule has 1 N–H and O–H groups in total. The Morgan fingerprint density at radius 1 is 1.30 bits per heavy atom. The van der Waals surface area contributed by atoms with E-state index in [1.165, 1.54) is 0 Å². The topological polar surface area (TPSA) is 12.0 Å². The zero-order valence-corrected chi connectivity index (χ0v) is 6.53. The highest BCUT2D eigenvalue weighted by molar-refractivity contribution is 4.53. The van der Waals surface area contributed by atoms with E-state index >= 15 is 0 Å². The molecule has 0 amide bonds. The maximum atomic E-state index is 11.5. The van der Waals surface area contributed by atoms with Crippen LogP contribution in [0.5, 0.6) is 0 Å². The van der Waals surface area contributed by atoms with Gasteiger partial charge in [-0.25, -0.2) is 8.78 Å². The van der Waals surface area contributed by atoms with Gasteiger partial charge in [-0.15, -0.1) is 0 Å². The maximum Gasteiger partial charge on any atom is 0.238 e. The molecule has 0 fully saturated rings. The van der Waals surface area contributed by atoms with Crippen LogP contribution in [0.15, 0.2) is 0 Å². The summed E-state index contributed by atoms with van der Waals surface area (Å²) in [6.45, 7) is 4.70. The van der Waals surface area contributed by atoms with E-state index in [9.17, 15) is 8.78 Å². The average Bonchev–Trinajstić information content (AvgIpc) is 1.79. The monoisotopic (exact) mass is 151 g/mol. The molecule has 0 aromatic rings. The van der Waals surface area contributed by atoms with Crippen LogP contribution in [0.25, 0.3) is 0 Å². The Kier molecular flexibility index (Phi) is 5.49. The Morgan fingerprint density at radius 3 is 2.30 bits per heavy atom. The van der Waals surface area contributed by atoms with Crippen molar-refractivity contribution >= 4 is 0 Å². The van der Waals surface area contributed by atoms with Crippen LogP contribution in [0.2, 0.25) is 0 Å². The third-order valence-corrected chi connectivity index (χ3v) is 1.15. The lowest BCUT2D eigenvalue weighted by molar-refractivity contribution is 0.134. The van der Waals surface area contributed by atoms with Crippen LogP contribution >= 0.6 is 0 Å². The van der Waals surface area contributed by atoms with Crippen molar-refractivity contribution in [2.24, 2.45) is 0 Å². The first kappa shape index (κ1) is 9.82.